The van der Waals surface area contributed by atoms with Gasteiger partial charge in [-0.05, 0) is 24.6 Å². The van der Waals surface area contributed by atoms with E-state index in [1.54, 1.807) is 12.3 Å². The lowest BCUT2D eigenvalue weighted by Gasteiger charge is -2.15. The molecular formula is C13H15BrFN3. The van der Waals surface area contributed by atoms with E-state index in [9.17, 15) is 4.39 Å². The molecule has 0 aliphatic rings. The molecule has 5 heteroatoms. The molecule has 1 heterocycles. The van der Waals surface area contributed by atoms with Crippen LogP contribution in [0.1, 0.15) is 24.4 Å². The van der Waals surface area contributed by atoms with E-state index >= 15 is 0 Å². The third-order valence-corrected chi connectivity index (χ3v) is 3.48. The first-order chi connectivity index (χ1) is 8.66. The molecule has 0 saturated carbocycles. The van der Waals surface area contributed by atoms with Crippen LogP contribution in [0.15, 0.2) is 35.1 Å². The standard InChI is InChI=1S/C13H15BrFN3/c1-9(11-3-2-10(15)8-12(11)14)16-5-4-13-17-6-7-18-13/h2-3,6-9,16H,4-5H2,1H3,(H,17,18). The van der Waals surface area contributed by atoms with Crippen molar-refractivity contribution in [2.45, 2.75) is 19.4 Å². The van der Waals surface area contributed by atoms with E-state index in [-0.39, 0.29) is 11.9 Å². The van der Waals surface area contributed by atoms with Gasteiger partial charge in [-0.1, -0.05) is 22.0 Å². The number of benzene rings is 1. The van der Waals surface area contributed by atoms with E-state index in [0.29, 0.717) is 0 Å². The largest absolute Gasteiger partial charge is 0.349 e. The van der Waals surface area contributed by atoms with Gasteiger partial charge in [-0.25, -0.2) is 9.37 Å². The van der Waals surface area contributed by atoms with Crippen LogP contribution in [0.3, 0.4) is 0 Å². The highest BCUT2D eigenvalue weighted by atomic mass is 79.9. The summed E-state index contributed by atoms with van der Waals surface area (Å²) in [6.45, 7) is 2.87. The first-order valence-corrected chi connectivity index (χ1v) is 6.62. The Bertz CT molecular complexity index is 499. The van der Waals surface area contributed by atoms with E-state index in [4.69, 9.17) is 0 Å². The van der Waals surface area contributed by atoms with Gasteiger partial charge in [0.05, 0.1) is 0 Å². The zero-order valence-electron chi connectivity index (χ0n) is 10.1. The summed E-state index contributed by atoms with van der Waals surface area (Å²) in [4.78, 5) is 7.22. The number of rotatable bonds is 5. The Labute approximate surface area is 114 Å². The molecule has 96 valence electrons. The van der Waals surface area contributed by atoms with E-state index in [2.05, 4.69) is 38.1 Å². The van der Waals surface area contributed by atoms with Gasteiger partial charge in [-0.15, -0.1) is 0 Å². The van der Waals surface area contributed by atoms with Crippen molar-refractivity contribution in [2.24, 2.45) is 0 Å². The first-order valence-electron chi connectivity index (χ1n) is 5.83. The fourth-order valence-corrected chi connectivity index (χ4v) is 2.50. The molecule has 3 nitrogen and oxygen atoms in total. The van der Waals surface area contributed by atoms with Gasteiger partial charge in [0.25, 0.3) is 0 Å². The van der Waals surface area contributed by atoms with Gasteiger partial charge in [0.1, 0.15) is 11.6 Å². The van der Waals surface area contributed by atoms with Gasteiger partial charge in [0.2, 0.25) is 0 Å². The molecule has 18 heavy (non-hydrogen) atoms. The molecule has 1 unspecified atom stereocenters. The predicted octanol–water partition coefficient (Wildman–Crippen LogP) is 3.20. The van der Waals surface area contributed by atoms with Crippen molar-refractivity contribution < 1.29 is 4.39 Å². The Balaban J connectivity index is 1.89. The molecule has 1 atom stereocenters. The van der Waals surface area contributed by atoms with Crippen molar-refractivity contribution in [3.8, 4) is 0 Å². The maximum atomic E-state index is 13.0. The summed E-state index contributed by atoms with van der Waals surface area (Å²) in [6.07, 6.45) is 4.40. The van der Waals surface area contributed by atoms with Crippen LogP contribution < -0.4 is 5.32 Å². The van der Waals surface area contributed by atoms with Crippen LogP contribution in [0.4, 0.5) is 4.39 Å². The van der Waals surface area contributed by atoms with Gasteiger partial charge >= 0.3 is 0 Å². The smallest absolute Gasteiger partial charge is 0.124 e. The fraction of sp³-hybridized carbons (Fsp3) is 0.308. The lowest BCUT2D eigenvalue weighted by molar-refractivity contribution is 0.566. The van der Waals surface area contributed by atoms with Gasteiger partial charge < -0.3 is 10.3 Å². The van der Waals surface area contributed by atoms with Crippen LogP contribution in [0.5, 0.6) is 0 Å². The highest BCUT2D eigenvalue weighted by molar-refractivity contribution is 9.10. The third kappa shape index (κ3) is 3.40. The number of halogens is 2. The second kappa shape index (κ2) is 6.11. The van der Waals surface area contributed by atoms with Crippen LogP contribution in [-0.4, -0.2) is 16.5 Å². The summed E-state index contributed by atoms with van der Waals surface area (Å²) in [5.74, 6) is 0.737. The first kappa shape index (κ1) is 13.2. The van der Waals surface area contributed by atoms with Crippen LogP contribution in [0, 0.1) is 5.82 Å². The summed E-state index contributed by atoms with van der Waals surface area (Å²) < 4.78 is 13.8. The van der Waals surface area contributed by atoms with Gasteiger partial charge in [-0.2, -0.15) is 0 Å². The Morgan fingerprint density at radius 1 is 1.50 bits per heavy atom. The second-order valence-corrected chi connectivity index (χ2v) is 4.98. The lowest BCUT2D eigenvalue weighted by Crippen LogP contribution is -2.22. The van der Waals surface area contributed by atoms with E-state index in [1.165, 1.54) is 12.1 Å². The number of nitrogens with one attached hydrogen (secondary N) is 2. The van der Waals surface area contributed by atoms with Gasteiger partial charge in [-0.3, -0.25) is 0 Å². The molecule has 1 aromatic heterocycles. The molecule has 0 aliphatic carbocycles. The molecule has 2 N–H and O–H groups in total. The molecule has 0 fully saturated rings. The number of H-pyrrole nitrogens is 1. The quantitative estimate of drug-likeness (QED) is 0.890. The minimum Gasteiger partial charge on any atom is -0.349 e. The Morgan fingerprint density at radius 2 is 2.33 bits per heavy atom. The van der Waals surface area contributed by atoms with E-state index in [0.717, 1.165) is 28.8 Å². The third-order valence-electron chi connectivity index (χ3n) is 2.80. The summed E-state index contributed by atoms with van der Waals surface area (Å²) in [5.41, 5.74) is 1.05. The highest BCUT2D eigenvalue weighted by Gasteiger charge is 2.09. The highest BCUT2D eigenvalue weighted by Crippen LogP contribution is 2.23. The van der Waals surface area contributed by atoms with E-state index < -0.39 is 0 Å². The number of hydrogen-bond acceptors (Lipinski definition) is 2. The zero-order chi connectivity index (χ0) is 13.0. The van der Waals surface area contributed by atoms with Crippen molar-refractivity contribution in [3.63, 3.8) is 0 Å². The zero-order valence-corrected chi connectivity index (χ0v) is 11.7. The number of nitrogens with zero attached hydrogens (tertiary/aromatic N) is 1. The maximum absolute atomic E-state index is 13.0. The summed E-state index contributed by atoms with van der Waals surface area (Å²) >= 11 is 3.38. The molecule has 0 amide bonds. The molecule has 0 spiro atoms. The van der Waals surface area contributed by atoms with Crippen LogP contribution in [0.2, 0.25) is 0 Å². The van der Waals surface area contributed by atoms with E-state index in [1.807, 2.05) is 6.20 Å². The lowest BCUT2D eigenvalue weighted by atomic mass is 10.1. The normalized spacial score (nSPS) is 12.6. The van der Waals surface area contributed by atoms with Crippen LogP contribution in [0.25, 0.3) is 0 Å². The van der Waals surface area contributed by atoms with Crippen LogP contribution >= 0.6 is 15.9 Å². The van der Waals surface area contributed by atoms with Crippen molar-refractivity contribution in [2.75, 3.05) is 6.54 Å². The molecule has 0 bridgehead atoms. The van der Waals surface area contributed by atoms with Crippen LogP contribution in [-0.2, 0) is 6.42 Å². The molecule has 1 aromatic carbocycles. The fourth-order valence-electron chi connectivity index (χ4n) is 1.80. The average Bonchev–Trinajstić information content (AvgIpc) is 2.81. The Morgan fingerprint density at radius 3 is 3.00 bits per heavy atom. The SMILES string of the molecule is CC(NCCc1ncc[nH]1)c1ccc(F)cc1Br. The molecule has 2 aromatic rings. The average molecular weight is 312 g/mol. The van der Waals surface area contributed by atoms with Crippen molar-refractivity contribution in [1.82, 2.24) is 15.3 Å². The number of aromatic nitrogens is 2. The van der Waals surface area contributed by atoms with Crippen molar-refractivity contribution >= 4 is 15.9 Å². The summed E-state index contributed by atoms with van der Waals surface area (Å²) in [6, 6.07) is 4.92. The molecular weight excluding hydrogens is 297 g/mol. The topological polar surface area (TPSA) is 40.7 Å². The Hall–Kier alpha value is -1.20. The Kier molecular flexibility index (Phi) is 4.49. The monoisotopic (exact) mass is 311 g/mol. The van der Waals surface area contributed by atoms with Crippen molar-refractivity contribution in [1.29, 1.82) is 0 Å². The predicted molar refractivity (Wildman–Crippen MR) is 72.8 cm³/mol. The van der Waals surface area contributed by atoms with Crippen molar-refractivity contribution in [3.05, 3.63) is 52.3 Å². The van der Waals surface area contributed by atoms with Gasteiger partial charge in [0.15, 0.2) is 0 Å². The molecule has 0 saturated heterocycles. The minimum atomic E-state index is -0.228. The van der Waals surface area contributed by atoms with Gasteiger partial charge in [0, 0.05) is 35.9 Å². The summed E-state index contributed by atoms with van der Waals surface area (Å²) in [5, 5.41) is 3.39. The number of aromatic amines is 1. The maximum Gasteiger partial charge on any atom is 0.124 e. The summed E-state index contributed by atoms with van der Waals surface area (Å²) in [7, 11) is 0. The molecule has 2 rings (SSSR count). The number of hydrogen-bond donors (Lipinski definition) is 2. The second-order valence-electron chi connectivity index (χ2n) is 4.13. The number of imidazole rings is 1. The molecule has 0 radical (unpaired) electrons. The minimum absolute atomic E-state index is 0.162. The molecule has 0 aliphatic heterocycles.